The molecule has 0 atom stereocenters. The quantitative estimate of drug-likeness (QED) is 0.670. The second kappa shape index (κ2) is 6.56. The average molecular weight is 286 g/mol. The van der Waals surface area contributed by atoms with Crippen LogP contribution in [0.25, 0.3) is 6.08 Å². The first-order valence-electron chi connectivity index (χ1n) is 6.26. The Hall–Kier alpha value is -2.82. The highest BCUT2D eigenvalue weighted by molar-refractivity contribution is 6.02. The summed E-state index contributed by atoms with van der Waals surface area (Å²) in [4.78, 5) is 11.8. The van der Waals surface area contributed by atoms with Gasteiger partial charge in [-0.25, -0.2) is 4.39 Å². The molecule has 2 aromatic rings. The van der Waals surface area contributed by atoms with Crippen LogP contribution in [0, 0.1) is 5.82 Å². The molecule has 0 aromatic heterocycles. The largest absolute Gasteiger partial charge is 0.494 e. The van der Waals surface area contributed by atoms with Crippen LogP contribution in [0.5, 0.6) is 5.75 Å². The maximum Gasteiger partial charge on any atom is 0.248 e. The number of hydrogen-bond acceptors (Lipinski definition) is 3. The van der Waals surface area contributed by atoms with E-state index >= 15 is 0 Å². The molecule has 0 aliphatic carbocycles. The van der Waals surface area contributed by atoms with Crippen molar-refractivity contribution in [1.29, 1.82) is 0 Å². The van der Waals surface area contributed by atoms with Crippen LogP contribution in [-0.4, -0.2) is 13.0 Å². The van der Waals surface area contributed by atoms with E-state index in [-0.39, 0.29) is 11.7 Å². The molecule has 21 heavy (non-hydrogen) atoms. The van der Waals surface area contributed by atoms with Gasteiger partial charge in [0.25, 0.3) is 0 Å². The third kappa shape index (κ3) is 4.07. The SMILES string of the molecule is COc1cc(F)ccc1NC(=O)/C=C/c1ccc(N)cc1. The number of halogens is 1. The number of nitrogens with one attached hydrogen (secondary N) is 1. The molecule has 0 aliphatic rings. The lowest BCUT2D eigenvalue weighted by atomic mass is 10.2. The fourth-order valence-electron chi connectivity index (χ4n) is 1.72. The van der Waals surface area contributed by atoms with Gasteiger partial charge in [-0.15, -0.1) is 0 Å². The summed E-state index contributed by atoms with van der Waals surface area (Å²) in [6.45, 7) is 0. The fraction of sp³-hybridized carbons (Fsp3) is 0.0625. The smallest absolute Gasteiger partial charge is 0.248 e. The van der Waals surface area contributed by atoms with E-state index in [1.54, 1.807) is 30.3 Å². The van der Waals surface area contributed by atoms with Gasteiger partial charge in [-0.05, 0) is 35.9 Å². The molecule has 2 rings (SSSR count). The number of methoxy groups -OCH3 is 1. The van der Waals surface area contributed by atoms with Crippen LogP contribution in [0.1, 0.15) is 5.56 Å². The number of rotatable bonds is 4. The number of hydrogen-bond donors (Lipinski definition) is 2. The van der Waals surface area contributed by atoms with Gasteiger partial charge >= 0.3 is 0 Å². The van der Waals surface area contributed by atoms with Crippen molar-refractivity contribution in [3.63, 3.8) is 0 Å². The lowest BCUT2D eigenvalue weighted by molar-refractivity contribution is -0.111. The summed E-state index contributed by atoms with van der Waals surface area (Å²) in [6.07, 6.45) is 3.04. The fourth-order valence-corrected chi connectivity index (χ4v) is 1.72. The average Bonchev–Trinajstić information content (AvgIpc) is 2.48. The summed E-state index contributed by atoms with van der Waals surface area (Å²) in [5, 5.41) is 2.63. The Morgan fingerprint density at radius 3 is 2.62 bits per heavy atom. The number of ether oxygens (including phenoxy) is 1. The minimum absolute atomic E-state index is 0.268. The minimum atomic E-state index is -0.428. The standard InChI is InChI=1S/C16H15FN2O2/c1-21-15-10-12(17)5-8-14(15)19-16(20)9-4-11-2-6-13(18)7-3-11/h2-10H,18H2,1H3,(H,19,20)/b9-4+. The van der Waals surface area contributed by atoms with Gasteiger partial charge in [0.15, 0.2) is 0 Å². The third-order valence-corrected chi connectivity index (χ3v) is 2.79. The molecule has 2 aromatic carbocycles. The molecule has 0 spiro atoms. The van der Waals surface area contributed by atoms with E-state index in [2.05, 4.69) is 5.32 Å². The summed E-state index contributed by atoms with van der Waals surface area (Å²) in [7, 11) is 1.41. The Balaban J connectivity index is 2.06. The molecular formula is C16H15FN2O2. The molecule has 0 heterocycles. The van der Waals surface area contributed by atoms with Crippen molar-refractivity contribution in [2.45, 2.75) is 0 Å². The highest BCUT2D eigenvalue weighted by Crippen LogP contribution is 2.24. The number of nitrogen functional groups attached to an aromatic ring is 1. The number of carbonyl (C=O) groups is 1. The minimum Gasteiger partial charge on any atom is -0.494 e. The second-order valence-electron chi connectivity index (χ2n) is 4.33. The third-order valence-electron chi connectivity index (χ3n) is 2.79. The molecule has 0 aliphatic heterocycles. The molecule has 108 valence electrons. The highest BCUT2D eigenvalue weighted by atomic mass is 19.1. The van der Waals surface area contributed by atoms with Gasteiger partial charge in [-0.2, -0.15) is 0 Å². The van der Waals surface area contributed by atoms with Crippen LogP contribution >= 0.6 is 0 Å². The topological polar surface area (TPSA) is 64.3 Å². The molecular weight excluding hydrogens is 271 g/mol. The molecule has 0 radical (unpaired) electrons. The Kier molecular flexibility index (Phi) is 4.56. The summed E-state index contributed by atoms with van der Waals surface area (Å²) in [6, 6.07) is 11.0. The van der Waals surface area contributed by atoms with Gasteiger partial charge in [0.2, 0.25) is 5.91 Å². The number of amides is 1. The predicted octanol–water partition coefficient (Wildman–Crippen LogP) is 3.07. The summed E-state index contributed by atoms with van der Waals surface area (Å²) < 4.78 is 18.1. The number of nitrogens with two attached hydrogens (primary N) is 1. The molecule has 0 saturated carbocycles. The molecule has 3 N–H and O–H groups in total. The maximum absolute atomic E-state index is 13.1. The number of benzene rings is 2. The van der Waals surface area contributed by atoms with Crippen LogP contribution in [-0.2, 0) is 4.79 Å². The van der Waals surface area contributed by atoms with Crippen LogP contribution in [0.3, 0.4) is 0 Å². The molecule has 0 fully saturated rings. The summed E-state index contributed by atoms with van der Waals surface area (Å²) in [5.41, 5.74) is 7.50. The van der Waals surface area contributed by atoms with E-state index in [1.165, 1.54) is 31.4 Å². The Labute approximate surface area is 122 Å². The van der Waals surface area contributed by atoms with Gasteiger partial charge < -0.3 is 15.8 Å². The normalized spacial score (nSPS) is 10.6. The number of anilines is 2. The molecule has 0 saturated heterocycles. The van der Waals surface area contributed by atoms with Crippen molar-refractivity contribution in [2.24, 2.45) is 0 Å². The van der Waals surface area contributed by atoms with Crippen molar-refractivity contribution >= 4 is 23.4 Å². The van der Waals surface area contributed by atoms with E-state index in [1.807, 2.05) is 0 Å². The van der Waals surface area contributed by atoms with Gasteiger partial charge in [0.1, 0.15) is 11.6 Å². The van der Waals surface area contributed by atoms with Crippen LogP contribution < -0.4 is 15.8 Å². The van der Waals surface area contributed by atoms with Crippen LogP contribution in [0.2, 0.25) is 0 Å². The van der Waals surface area contributed by atoms with Crippen molar-refractivity contribution in [3.05, 3.63) is 59.9 Å². The van der Waals surface area contributed by atoms with Crippen LogP contribution in [0.4, 0.5) is 15.8 Å². The van der Waals surface area contributed by atoms with Gasteiger partial charge in [0.05, 0.1) is 12.8 Å². The van der Waals surface area contributed by atoms with Crippen molar-refractivity contribution in [1.82, 2.24) is 0 Å². The van der Waals surface area contributed by atoms with Crippen molar-refractivity contribution in [2.75, 3.05) is 18.2 Å². The zero-order chi connectivity index (χ0) is 15.2. The highest BCUT2D eigenvalue weighted by Gasteiger charge is 2.06. The molecule has 0 bridgehead atoms. The van der Waals surface area contributed by atoms with E-state index < -0.39 is 5.82 Å². The van der Waals surface area contributed by atoms with E-state index in [0.717, 1.165) is 5.56 Å². The first-order valence-corrected chi connectivity index (χ1v) is 6.26. The molecule has 1 amide bonds. The molecule has 0 unspecified atom stereocenters. The Morgan fingerprint density at radius 2 is 1.95 bits per heavy atom. The number of carbonyl (C=O) groups excluding carboxylic acids is 1. The first kappa shape index (κ1) is 14.6. The summed E-state index contributed by atoms with van der Waals surface area (Å²) in [5.74, 6) is -0.497. The van der Waals surface area contributed by atoms with E-state index in [0.29, 0.717) is 11.4 Å². The van der Waals surface area contributed by atoms with E-state index in [4.69, 9.17) is 10.5 Å². The molecule has 5 heteroatoms. The predicted molar refractivity (Wildman–Crippen MR) is 81.5 cm³/mol. The van der Waals surface area contributed by atoms with E-state index in [9.17, 15) is 9.18 Å². The van der Waals surface area contributed by atoms with Crippen LogP contribution in [0.15, 0.2) is 48.5 Å². The lowest BCUT2D eigenvalue weighted by Crippen LogP contribution is -2.09. The van der Waals surface area contributed by atoms with Gasteiger partial charge in [0, 0.05) is 17.8 Å². The first-order chi connectivity index (χ1) is 10.1. The van der Waals surface area contributed by atoms with Gasteiger partial charge in [-0.3, -0.25) is 4.79 Å². The Bertz CT molecular complexity index is 666. The second-order valence-corrected chi connectivity index (χ2v) is 4.33. The maximum atomic E-state index is 13.1. The molecule has 4 nitrogen and oxygen atoms in total. The van der Waals surface area contributed by atoms with Gasteiger partial charge in [-0.1, -0.05) is 12.1 Å². The summed E-state index contributed by atoms with van der Waals surface area (Å²) >= 11 is 0. The van der Waals surface area contributed by atoms with Crippen molar-refractivity contribution in [3.8, 4) is 5.75 Å². The van der Waals surface area contributed by atoms with Crippen molar-refractivity contribution < 1.29 is 13.9 Å². The lowest BCUT2D eigenvalue weighted by Gasteiger charge is -2.08. The zero-order valence-corrected chi connectivity index (χ0v) is 11.5. The monoisotopic (exact) mass is 286 g/mol. The Morgan fingerprint density at radius 1 is 1.24 bits per heavy atom. The zero-order valence-electron chi connectivity index (χ0n) is 11.5.